The summed E-state index contributed by atoms with van der Waals surface area (Å²) in [5.41, 5.74) is 6.06. The van der Waals surface area contributed by atoms with Gasteiger partial charge in [-0.2, -0.15) is 4.31 Å². The lowest BCUT2D eigenvalue weighted by Crippen LogP contribution is -2.45. The quantitative estimate of drug-likeness (QED) is 0.800. The number of ketones is 1. The number of Topliss-reactive ketones (excluding diaryl/α,β-unsaturated/α-hetero) is 1. The van der Waals surface area contributed by atoms with Crippen molar-refractivity contribution in [3.05, 3.63) is 35.6 Å². The van der Waals surface area contributed by atoms with E-state index < -0.39 is 22.1 Å². The zero-order valence-corrected chi connectivity index (χ0v) is 14.9. The van der Waals surface area contributed by atoms with E-state index in [9.17, 15) is 13.2 Å². The number of benzene rings is 1. The highest BCUT2D eigenvalue weighted by Gasteiger charge is 2.42. The number of nitrogens with zero attached hydrogens (tertiary/aromatic N) is 2. The van der Waals surface area contributed by atoms with Gasteiger partial charge in [0.15, 0.2) is 0 Å². The van der Waals surface area contributed by atoms with E-state index in [0.717, 1.165) is 4.31 Å². The van der Waals surface area contributed by atoms with Gasteiger partial charge in [-0.05, 0) is 12.5 Å². The van der Waals surface area contributed by atoms with Crippen LogP contribution >= 0.6 is 11.6 Å². The fourth-order valence-electron chi connectivity index (χ4n) is 3.21. The Labute approximate surface area is 150 Å². The first-order chi connectivity index (χ1) is 11.9. The number of sulfonamides is 1. The largest absolute Gasteiger partial charge is 0.396 e. The van der Waals surface area contributed by atoms with Crippen LogP contribution in [0.1, 0.15) is 12.8 Å². The minimum absolute atomic E-state index is 0.0297. The molecule has 1 saturated heterocycles. The molecule has 3 N–H and O–H groups in total. The topological polar surface area (TPSA) is 114 Å². The third kappa shape index (κ3) is 3.16. The van der Waals surface area contributed by atoms with Gasteiger partial charge in [0, 0.05) is 48.7 Å². The van der Waals surface area contributed by atoms with Crippen LogP contribution in [0.4, 0.5) is 0 Å². The van der Waals surface area contributed by atoms with Crippen molar-refractivity contribution in [3.63, 3.8) is 0 Å². The third-order valence-electron chi connectivity index (χ3n) is 4.46. The summed E-state index contributed by atoms with van der Waals surface area (Å²) in [6, 6.07) is 4.81. The van der Waals surface area contributed by atoms with E-state index in [4.69, 9.17) is 22.4 Å². The SMILES string of the molecule is N[C@@H]1C(C(=O)CCO)CCN1S(=O)(=O)c1cccc2cncc(Cl)c12. The molecule has 1 aliphatic rings. The second-order valence-electron chi connectivity index (χ2n) is 5.92. The molecule has 1 aromatic carbocycles. The first kappa shape index (κ1) is 18.2. The molecule has 7 nitrogen and oxygen atoms in total. The summed E-state index contributed by atoms with van der Waals surface area (Å²) in [6.45, 7) is -0.134. The van der Waals surface area contributed by atoms with Gasteiger partial charge in [-0.25, -0.2) is 8.42 Å². The number of nitrogens with two attached hydrogens (primary N) is 1. The Balaban J connectivity index is 2.03. The Morgan fingerprint density at radius 2 is 2.16 bits per heavy atom. The van der Waals surface area contributed by atoms with Crippen LogP contribution in [0.5, 0.6) is 0 Å². The van der Waals surface area contributed by atoms with E-state index >= 15 is 0 Å². The van der Waals surface area contributed by atoms with E-state index in [1.165, 1.54) is 18.5 Å². The fraction of sp³-hybridized carbons (Fsp3) is 0.375. The van der Waals surface area contributed by atoms with Crippen molar-refractivity contribution >= 4 is 38.2 Å². The number of aliphatic hydroxyl groups excluding tert-OH is 1. The normalized spacial score (nSPS) is 21.7. The van der Waals surface area contributed by atoms with Gasteiger partial charge in [-0.3, -0.25) is 9.78 Å². The summed E-state index contributed by atoms with van der Waals surface area (Å²) in [4.78, 5) is 16.1. The van der Waals surface area contributed by atoms with Gasteiger partial charge in [-0.15, -0.1) is 0 Å². The van der Waals surface area contributed by atoms with Gasteiger partial charge in [-0.1, -0.05) is 23.7 Å². The molecule has 0 radical (unpaired) electrons. The average Bonchev–Trinajstić information content (AvgIpc) is 2.97. The van der Waals surface area contributed by atoms with Crippen molar-refractivity contribution in [2.75, 3.05) is 13.2 Å². The predicted octanol–water partition coefficient (Wildman–Crippen LogP) is 1.14. The maximum atomic E-state index is 13.1. The Bertz CT molecular complexity index is 913. The maximum absolute atomic E-state index is 13.1. The number of fused-ring (bicyclic) bond motifs is 1. The minimum atomic E-state index is -3.94. The molecule has 0 saturated carbocycles. The van der Waals surface area contributed by atoms with E-state index in [-0.39, 0.29) is 35.3 Å². The van der Waals surface area contributed by atoms with E-state index in [0.29, 0.717) is 17.2 Å². The smallest absolute Gasteiger partial charge is 0.245 e. The highest BCUT2D eigenvalue weighted by molar-refractivity contribution is 7.89. The van der Waals surface area contributed by atoms with Gasteiger partial charge in [0.1, 0.15) is 5.78 Å². The fourth-order valence-corrected chi connectivity index (χ4v) is 5.34. The number of hydrogen-bond acceptors (Lipinski definition) is 6. The number of halogens is 1. The Hall–Kier alpha value is -1.58. The van der Waals surface area contributed by atoms with Crippen LogP contribution in [0.15, 0.2) is 35.5 Å². The lowest BCUT2D eigenvalue weighted by Gasteiger charge is -2.24. The van der Waals surface area contributed by atoms with Crippen LogP contribution < -0.4 is 5.73 Å². The summed E-state index contributed by atoms with van der Waals surface area (Å²) in [7, 11) is -3.94. The molecule has 25 heavy (non-hydrogen) atoms. The summed E-state index contributed by atoms with van der Waals surface area (Å²) >= 11 is 6.17. The number of pyridine rings is 1. The second-order valence-corrected chi connectivity index (χ2v) is 8.18. The van der Waals surface area contributed by atoms with E-state index in [1.54, 1.807) is 12.1 Å². The number of carbonyl (C=O) groups is 1. The minimum Gasteiger partial charge on any atom is -0.396 e. The zero-order chi connectivity index (χ0) is 18.2. The van der Waals surface area contributed by atoms with Gasteiger partial charge in [0.25, 0.3) is 0 Å². The summed E-state index contributed by atoms with van der Waals surface area (Å²) in [5.74, 6) is -0.845. The standard InChI is InChI=1S/C16H18ClN3O4S/c17-12-9-19-8-10-2-1-3-14(15(10)12)25(23,24)20-6-4-11(16(20)18)13(22)5-7-21/h1-3,8-9,11,16,21H,4-7,18H2/t11?,16-/m0/s1. The summed E-state index contributed by atoms with van der Waals surface area (Å²) in [6.07, 6.45) is 2.27. The molecule has 134 valence electrons. The number of carbonyl (C=O) groups excluding carboxylic acids is 1. The van der Waals surface area contributed by atoms with Gasteiger partial charge < -0.3 is 10.8 Å². The predicted molar refractivity (Wildman–Crippen MR) is 93.4 cm³/mol. The molecule has 0 amide bonds. The lowest BCUT2D eigenvalue weighted by molar-refractivity contribution is -0.123. The van der Waals surface area contributed by atoms with Crippen molar-refractivity contribution < 1.29 is 18.3 Å². The third-order valence-corrected chi connectivity index (χ3v) is 6.69. The van der Waals surface area contributed by atoms with Crippen LogP contribution in [-0.4, -0.2) is 47.9 Å². The molecule has 2 heterocycles. The molecule has 2 aromatic rings. The zero-order valence-electron chi connectivity index (χ0n) is 13.3. The molecule has 0 aliphatic carbocycles. The maximum Gasteiger partial charge on any atom is 0.245 e. The first-order valence-corrected chi connectivity index (χ1v) is 9.63. The van der Waals surface area contributed by atoms with Crippen LogP contribution in [0.3, 0.4) is 0 Å². The second kappa shape index (κ2) is 6.97. The van der Waals surface area contributed by atoms with Crippen molar-refractivity contribution in [1.82, 2.24) is 9.29 Å². The molecule has 1 unspecified atom stereocenters. The van der Waals surface area contributed by atoms with Crippen molar-refractivity contribution in [3.8, 4) is 0 Å². The number of aromatic nitrogens is 1. The van der Waals surface area contributed by atoms with Crippen LogP contribution in [-0.2, 0) is 14.8 Å². The molecular weight excluding hydrogens is 366 g/mol. The van der Waals surface area contributed by atoms with Gasteiger partial charge in [0.05, 0.1) is 16.1 Å². The van der Waals surface area contributed by atoms with Crippen molar-refractivity contribution in [2.24, 2.45) is 11.7 Å². The molecule has 1 aliphatic heterocycles. The highest BCUT2D eigenvalue weighted by atomic mass is 35.5. The molecule has 3 rings (SSSR count). The van der Waals surface area contributed by atoms with Gasteiger partial charge in [0.2, 0.25) is 10.0 Å². The molecule has 0 spiro atoms. The number of aliphatic hydroxyl groups is 1. The first-order valence-electron chi connectivity index (χ1n) is 7.81. The molecule has 0 bridgehead atoms. The monoisotopic (exact) mass is 383 g/mol. The molecule has 2 atom stereocenters. The van der Waals surface area contributed by atoms with Gasteiger partial charge >= 0.3 is 0 Å². The van der Waals surface area contributed by atoms with Crippen LogP contribution in [0.2, 0.25) is 5.02 Å². The number of rotatable bonds is 5. The molecule has 9 heteroatoms. The van der Waals surface area contributed by atoms with E-state index in [2.05, 4.69) is 4.98 Å². The summed E-state index contributed by atoms with van der Waals surface area (Å²) < 4.78 is 27.4. The summed E-state index contributed by atoms with van der Waals surface area (Å²) in [5, 5.41) is 10.1. The number of hydrogen-bond donors (Lipinski definition) is 2. The Kier molecular flexibility index (Phi) is 5.08. The molecule has 1 fully saturated rings. The Morgan fingerprint density at radius 3 is 2.88 bits per heavy atom. The molecule has 1 aromatic heterocycles. The Morgan fingerprint density at radius 1 is 1.40 bits per heavy atom. The van der Waals surface area contributed by atoms with Crippen LogP contribution in [0, 0.1) is 5.92 Å². The van der Waals surface area contributed by atoms with Crippen molar-refractivity contribution in [2.45, 2.75) is 23.9 Å². The highest BCUT2D eigenvalue weighted by Crippen LogP contribution is 2.34. The van der Waals surface area contributed by atoms with Crippen LogP contribution in [0.25, 0.3) is 10.8 Å². The lowest BCUT2D eigenvalue weighted by atomic mass is 9.99. The van der Waals surface area contributed by atoms with E-state index in [1.807, 2.05) is 0 Å². The average molecular weight is 384 g/mol. The van der Waals surface area contributed by atoms with Crippen molar-refractivity contribution in [1.29, 1.82) is 0 Å². The molecular formula is C16H18ClN3O4S.